The van der Waals surface area contributed by atoms with E-state index in [1.54, 1.807) is 12.1 Å². The number of anilines is 1. The van der Waals surface area contributed by atoms with Crippen molar-refractivity contribution in [3.05, 3.63) is 41.5 Å². The maximum absolute atomic E-state index is 13.0. The lowest BCUT2D eigenvalue weighted by Gasteiger charge is -2.27. The number of hydrogen-bond acceptors (Lipinski definition) is 10. The second kappa shape index (κ2) is 13.9. The lowest BCUT2D eigenvalue weighted by Crippen LogP contribution is -2.45. The van der Waals surface area contributed by atoms with Crippen LogP contribution in [0.2, 0.25) is 0 Å². The quantitative estimate of drug-likeness (QED) is 0.143. The summed E-state index contributed by atoms with van der Waals surface area (Å²) in [4.78, 5) is 32.5. The average molecular weight is 476 g/mol. The van der Waals surface area contributed by atoms with Crippen LogP contribution in [0, 0.1) is 0 Å². The molecule has 11 nitrogen and oxygen atoms in total. The van der Waals surface area contributed by atoms with Gasteiger partial charge in [-0.2, -0.15) is 5.48 Å². The van der Waals surface area contributed by atoms with E-state index in [-0.39, 0.29) is 25.1 Å². The third kappa shape index (κ3) is 6.70. The molecule has 0 radical (unpaired) electrons. The van der Waals surface area contributed by atoms with Gasteiger partial charge in [-0.15, -0.1) is 0 Å². The first-order valence-corrected chi connectivity index (χ1v) is 11.3. The zero-order valence-electron chi connectivity index (χ0n) is 19.2. The summed E-state index contributed by atoms with van der Waals surface area (Å²) in [5, 5.41) is 4.78. The summed E-state index contributed by atoms with van der Waals surface area (Å²) in [5.74, 6) is -0.756. The van der Waals surface area contributed by atoms with E-state index < -0.39 is 0 Å². The molecule has 0 unspecified atom stereocenters. The van der Waals surface area contributed by atoms with Crippen LogP contribution in [0.5, 0.6) is 0 Å². The van der Waals surface area contributed by atoms with Gasteiger partial charge >= 0.3 is 0 Å². The molecule has 6 N–H and O–H groups in total. The highest BCUT2D eigenvalue weighted by Crippen LogP contribution is 2.34. The van der Waals surface area contributed by atoms with Gasteiger partial charge in [-0.25, -0.2) is 0 Å². The molecule has 0 saturated carbocycles. The number of nitrogens with two attached hydrogens (primary N) is 2. The van der Waals surface area contributed by atoms with Crippen LogP contribution < -0.4 is 22.3 Å². The normalized spacial score (nSPS) is 13.2. The van der Waals surface area contributed by atoms with Crippen LogP contribution in [0.3, 0.4) is 0 Å². The molecule has 0 atom stereocenters. The van der Waals surface area contributed by atoms with Crippen molar-refractivity contribution in [3.63, 3.8) is 0 Å². The fourth-order valence-corrected chi connectivity index (χ4v) is 3.58. The van der Waals surface area contributed by atoms with Crippen molar-refractivity contribution in [3.8, 4) is 0 Å². The summed E-state index contributed by atoms with van der Waals surface area (Å²) in [7, 11) is 0. The largest absolute Gasteiger partial charge is 0.382 e. The van der Waals surface area contributed by atoms with E-state index in [2.05, 4.69) is 10.8 Å². The molecule has 11 heteroatoms. The molecule has 1 aliphatic heterocycles. The Morgan fingerprint density at radius 1 is 0.765 bits per heavy atom. The van der Waals surface area contributed by atoms with Crippen LogP contribution in [-0.2, 0) is 19.0 Å². The molecule has 3 rings (SSSR count). The maximum Gasteiger partial charge on any atom is 0.262 e. The van der Waals surface area contributed by atoms with Crippen LogP contribution >= 0.6 is 0 Å². The second-order valence-electron chi connectivity index (χ2n) is 7.42. The molecule has 0 fully saturated rings. The number of amides is 2. The maximum atomic E-state index is 13.0. The number of ether oxygens (including phenoxy) is 3. The molecule has 0 bridgehead atoms. The predicted octanol–water partition coefficient (Wildman–Crippen LogP) is 0.294. The minimum Gasteiger partial charge on any atom is -0.382 e. The van der Waals surface area contributed by atoms with Crippen molar-refractivity contribution in [1.29, 1.82) is 0 Å². The van der Waals surface area contributed by atoms with Gasteiger partial charge in [0.15, 0.2) is 0 Å². The zero-order valence-corrected chi connectivity index (χ0v) is 19.2. The fraction of sp³-hybridized carbons (Fsp3) is 0.478. The monoisotopic (exact) mass is 475 g/mol. The van der Waals surface area contributed by atoms with Gasteiger partial charge in [-0.1, -0.05) is 12.1 Å². The number of nitrogens with one attached hydrogen (secondary N) is 2. The third-order valence-corrected chi connectivity index (χ3v) is 5.10. The molecule has 186 valence electrons. The number of carbonyl (C=O) groups is 2. The molecule has 0 saturated heterocycles. The Bertz CT molecular complexity index is 935. The Morgan fingerprint density at radius 3 is 2.12 bits per heavy atom. The van der Waals surface area contributed by atoms with Crippen LogP contribution in [0.4, 0.5) is 5.69 Å². The van der Waals surface area contributed by atoms with E-state index in [0.29, 0.717) is 75.8 Å². The number of rotatable bonds is 17. The highest BCUT2D eigenvalue weighted by Gasteiger charge is 2.33. The number of imide groups is 1. The van der Waals surface area contributed by atoms with Crippen molar-refractivity contribution in [1.82, 2.24) is 10.4 Å². The van der Waals surface area contributed by atoms with Crippen molar-refractivity contribution < 1.29 is 28.6 Å². The van der Waals surface area contributed by atoms with Crippen LogP contribution in [-0.4, -0.2) is 89.3 Å². The molecule has 1 heterocycles. The SMILES string of the molecule is NCCOCCOCCNc1ccc2c3c(cccc13)C(=O)N(CNOCCOCCN)C2=O. The standard InChI is InChI=1S/C23H33N5O6/c24-6-9-31-12-13-33-11-8-26-20-5-4-19-21-17(20)2-1-3-18(21)22(29)28(23(19)30)16-27-34-15-14-32-10-7-25/h1-5,26-27H,6-16,24-25H2. The molecule has 2 aromatic carbocycles. The van der Waals surface area contributed by atoms with Gasteiger partial charge in [-0.3, -0.25) is 19.3 Å². The van der Waals surface area contributed by atoms with Gasteiger partial charge in [0, 0.05) is 47.2 Å². The summed E-state index contributed by atoms with van der Waals surface area (Å²) in [6.07, 6.45) is 0. The smallest absolute Gasteiger partial charge is 0.262 e. The summed E-state index contributed by atoms with van der Waals surface area (Å²) in [5.41, 5.74) is 15.1. The summed E-state index contributed by atoms with van der Waals surface area (Å²) < 4.78 is 16.0. The first-order chi connectivity index (χ1) is 16.7. The number of hydrogen-bond donors (Lipinski definition) is 4. The predicted molar refractivity (Wildman–Crippen MR) is 127 cm³/mol. The van der Waals surface area contributed by atoms with Gasteiger partial charge in [0.2, 0.25) is 0 Å². The number of nitrogens with zero attached hydrogens (tertiary/aromatic N) is 1. The average Bonchev–Trinajstić information content (AvgIpc) is 2.85. The Hall–Kier alpha value is -2.64. The van der Waals surface area contributed by atoms with Crippen molar-refractivity contribution in [2.45, 2.75) is 0 Å². The molecule has 2 aromatic rings. The Morgan fingerprint density at radius 2 is 1.41 bits per heavy atom. The van der Waals surface area contributed by atoms with Gasteiger partial charge in [0.25, 0.3) is 11.8 Å². The first-order valence-electron chi connectivity index (χ1n) is 11.3. The molecule has 0 spiro atoms. The number of carbonyl (C=O) groups excluding carboxylic acids is 2. The van der Waals surface area contributed by atoms with Gasteiger partial charge in [0.05, 0.1) is 46.2 Å². The number of hydroxylamine groups is 1. The van der Waals surface area contributed by atoms with Crippen molar-refractivity contribution in [2.75, 3.05) is 77.9 Å². The van der Waals surface area contributed by atoms with Gasteiger partial charge in [-0.05, 0) is 18.2 Å². The lowest BCUT2D eigenvalue weighted by atomic mass is 9.93. The number of benzene rings is 2. The topological polar surface area (TPSA) is 150 Å². The lowest BCUT2D eigenvalue weighted by molar-refractivity contribution is -0.0185. The minimum absolute atomic E-state index is 0.0727. The fourth-order valence-electron chi connectivity index (χ4n) is 3.58. The van der Waals surface area contributed by atoms with Crippen LogP contribution in [0.25, 0.3) is 10.8 Å². The molecule has 34 heavy (non-hydrogen) atoms. The van der Waals surface area contributed by atoms with Gasteiger partial charge in [0.1, 0.15) is 6.67 Å². The Labute approximate surface area is 198 Å². The Balaban J connectivity index is 1.58. The van der Waals surface area contributed by atoms with E-state index >= 15 is 0 Å². The first kappa shape index (κ1) is 26.0. The van der Waals surface area contributed by atoms with Crippen LogP contribution in [0.1, 0.15) is 20.7 Å². The summed E-state index contributed by atoms with van der Waals surface area (Å²) in [6, 6.07) is 9.01. The molecular formula is C23H33N5O6. The highest BCUT2D eigenvalue weighted by molar-refractivity contribution is 6.26. The van der Waals surface area contributed by atoms with E-state index in [0.717, 1.165) is 16.0 Å². The van der Waals surface area contributed by atoms with Crippen molar-refractivity contribution in [2.24, 2.45) is 11.5 Å². The zero-order chi connectivity index (χ0) is 24.2. The molecular weight excluding hydrogens is 442 g/mol. The summed E-state index contributed by atoms with van der Waals surface area (Å²) >= 11 is 0. The van der Waals surface area contributed by atoms with E-state index in [9.17, 15) is 9.59 Å². The minimum atomic E-state index is -0.378. The van der Waals surface area contributed by atoms with Crippen LogP contribution in [0.15, 0.2) is 30.3 Å². The molecule has 1 aliphatic rings. The molecule has 0 aliphatic carbocycles. The third-order valence-electron chi connectivity index (χ3n) is 5.10. The van der Waals surface area contributed by atoms with E-state index in [1.165, 1.54) is 0 Å². The van der Waals surface area contributed by atoms with Gasteiger partial charge < -0.3 is 31.0 Å². The van der Waals surface area contributed by atoms with E-state index in [4.69, 9.17) is 30.5 Å². The highest BCUT2D eigenvalue weighted by atomic mass is 16.7. The molecule has 2 amide bonds. The molecule has 0 aromatic heterocycles. The van der Waals surface area contributed by atoms with E-state index in [1.807, 2.05) is 18.2 Å². The summed E-state index contributed by atoms with van der Waals surface area (Å²) in [6.45, 7) is 4.49. The Kier molecular flexibility index (Phi) is 10.6. The second-order valence-corrected chi connectivity index (χ2v) is 7.42. The van der Waals surface area contributed by atoms with Crippen molar-refractivity contribution >= 4 is 28.3 Å².